The maximum atomic E-state index is 13.2. The monoisotopic (exact) mass is 477 g/mol. The molecule has 0 bridgehead atoms. The van der Waals surface area contributed by atoms with Crippen molar-refractivity contribution in [2.24, 2.45) is 0 Å². The Bertz CT molecular complexity index is 1300. The summed E-state index contributed by atoms with van der Waals surface area (Å²) in [5.74, 6) is -0.354. The van der Waals surface area contributed by atoms with Gasteiger partial charge in [-0.05, 0) is 76.6 Å². The summed E-state index contributed by atoms with van der Waals surface area (Å²) in [4.78, 5) is 38.2. The van der Waals surface area contributed by atoms with E-state index < -0.39 is 23.7 Å². The van der Waals surface area contributed by atoms with Crippen molar-refractivity contribution in [1.82, 2.24) is 5.32 Å². The molecule has 1 atom stereocenters. The van der Waals surface area contributed by atoms with Crippen molar-refractivity contribution in [2.75, 3.05) is 0 Å². The van der Waals surface area contributed by atoms with Crippen LogP contribution in [0.3, 0.4) is 0 Å². The highest BCUT2D eigenvalue weighted by atomic mass is 16.6. The fraction of sp³-hybridized carbons (Fsp3) is 0.393. The summed E-state index contributed by atoms with van der Waals surface area (Å²) in [6.07, 6.45) is 3.08. The second-order valence-corrected chi connectivity index (χ2v) is 9.93. The number of aryl methyl sites for hydroxylation is 2. The number of fused-ring (bicyclic) bond motifs is 3. The smallest absolute Gasteiger partial charge is 0.408 e. The normalized spacial score (nSPS) is 14.2. The van der Waals surface area contributed by atoms with E-state index in [1.165, 1.54) is 0 Å². The van der Waals surface area contributed by atoms with Gasteiger partial charge < -0.3 is 19.2 Å². The van der Waals surface area contributed by atoms with E-state index in [4.69, 9.17) is 13.9 Å². The van der Waals surface area contributed by atoms with Crippen LogP contribution < -0.4 is 15.7 Å². The molecule has 0 radical (unpaired) electrons. The molecule has 1 aliphatic carbocycles. The molecule has 0 spiro atoms. The van der Waals surface area contributed by atoms with E-state index in [1.807, 2.05) is 36.4 Å². The van der Waals surface area contributed by atoms with Gasteiger partial charge in [0.25, 0.3) is 0 Å². The van der Waals surface area contributed by atoms with Gasteiger partial charge >= 0.3 is 17.7 Å². The lowest BCUT2D eigenvalue weighted by molar-refractivity contribution is -0.136. The summed E-state index contributed by atoms with van der Waals surface area (Å²) < 4.78 is 16.7. The van der Waals surface area contributed by atoms with Gasteiger partial charge in [-0.2, -0.15) is 0 Å². The van der Waals surface area contributed by atoms with Crippen LogP contribution in [0.5, 0.6) is 5.75 Å². The summed E-state index contributed by atoms with van der Waals surface area (Å²) in [5.41, 5.74) is 2.59. The van der Waals surface area contributed by atoms with Crippen LogP contribution in [0.25, 0.3) is 11.0 Å². The van der Waals surface area contributed by atoms with Gasteiger partial charge in [-0.15, -0.1) is 0 Å². The van der Waals surface area contributed by atoms with E-state index in [2.05, 4.69) is 5.32 Å². The Hall–Kier alpha value is -3.61. The molecule has 1 aliphatic rings. The first-order chi connectivity index (χ1) is 16.6. The molecular formula is C28H31NO6. The Morgan fingerprint density at radius 2 is 1.71 bits per heavy atom. The third-order valence-electron chi connectivity index (χ3n) is 6.06. The van der Waals surface area contributed by atoms with Crippen LogP contribution in [0.15, 0.2) is 51.7 Å². The number of ether oxygens (including phenoxy) is 2. The first-order valence-electron chi connectivity index (χ1n) is 12.0. The molecule has 35 heavy (non-hydrogen) atoms. The Balaban J connectivity index is 1.62. The number of carbonyl (C=O) groups excluding carboxylic acids is 2. The van der Waals surface area contributed by atoms with Gasteiger partial charge in [0.1, 0.15) is 23.0 Å². The van der Waals surface area contributed by atoms with Crippen molar-refractivity contribution in [2.45, 2.75) is 71.4 Å². The van der Waals surface area contributed by atoms with Gasteiger partial charge in [0, 0.05) is 22.9 Å². The molecule has 0 fully saturated rings. The van der Waals surface area contributed by atoms with Gasteiger partial charge in [-0.1, -0.05) is 30.3 Å². The zero-order valence-corrected chi connectivity index (χ0v) is 20.6. The molecule has 1 amide bonds. The molecule has 1 unspecified atom stereocenters. The van der Waals surface area contributed by atoms with E-state index in [1.54, 1.807) is 33.8 Å². The van der Waals surface area contributed by atoms with Crippen LogP contribution in [0, 0.1) is 6.92 Å². The first kappa shape index (κ1) is 24.5. The van der Waals surface area contributed by atoms with Gasteiger partial charge in [-0.25, -0.2) is 14.4 Å². The van der Waals surface area contributed by atoms with Gasteiger partial charge in [0.15, 0.2) is 0 Å². The van der Waals surface area contributed by atoms with Crippen LogP contribution >= 0.6 is 0 Å². The van der Waals surface area contributed by atoms with Crippen molar-refractivity contribution in [3.05, 3.63) is 75.1 Å². The molecule has 184 valence electrons. The number of alkyl carbamates (subject to hydrolysis) is 1. The summed E-state index contributed by atoms with van der Waals surface area (Å²) >= 11 is 0. The van der Waals surface area contributed by atoms with Gasteiger partial charge in [-0.3, -0.25) is 0 Å². The zero-order valence-electron chi connectivity index (χ0n) is 20.6. The molecule has 4 rings (SSSR count). The predicted molar refractivity (Wildman–Crippen MR) is 133 cm³/mol. The summed E-state index contributed by atoms with van der Waals surface area (Å²) in [7, 11) is 0. The van der Waals surface area contributed by atoms with E-state index in [0.29, 0.717) is 11.1 Å². The number of carbonyl (C=O) groups is 2. The van der Waals surface area contributed by atoms with Crippen LogP contribution in [0.4, 0.5) is 4.79 Å². The lowest BCUT2D eigenvalue weighted by Crippen LogP contribution is -2.46. The Morgan fingerprint density at radius 3 is 2.40 bits per heavy atom. The molecule has 1 aromatic heterocycles. The summed E-state index contributed by atoms with van der Waals surface area (Å²) in [6, 6.07) is 11.9. The van der Waals surface area contributed by atoms with Crippen LogP contribution in [-0.2, 0) is 28.8 Å². The van der Waals surface area contributed by atoms with Crippen LogP contribution in [0.1, 0.15) is 55.9 Å². The van der Waals surface area contributed by atoms with E-state index in [9.17, 15) is 14.4 Å². The van der Waals surface area contributed by atoms with Crippen LogP contribution in [0.2, 0.25) is 0 Å². The second kappa shape index (κ2) is 9.94. The average molecular weight is 478 g/mol. The van der Waals surface area contributed by atoms with Crippen molar-refractivity contribution in [3.63, 3.8) is 0 Å². The Morgan fingerprint density at radius 1 is 1.03 bits per heavy atom. The quantitative estimate of drug-likeness (QED) is 0.315. The molecule has 0 aliphatic heterocycles. The lowest BCUT2D eigenvalue weighted by atomic mass is 9.90. The van der Waals surface area contributed by atoms with Crippen molar-refractivity contribution in [1.29, 1.82) is 0 Å². The average Bonchev–Trinajstić information content (AvgIpc) is 2.80. The number of hydrogen-bond donors (Lipinski definition) is 1. The van der Waals surface area contributed by atoms with Crippen molar-refractivity contribution >= 4 is 23.0 Å². The summed E-state index contributed by atoms with van der Waals surface area (Å²) in [5, 5.41) is 3.52. The zero-order chi connectivity index (χ0) is 25.2. The Labute approximate surface area is 204 Å². The lowest BCUT2D eigenvalue weighted by Gasteiger charge is -2.23. The maximum Gasteiger partial charge on any atom is 0.408 e. The Kier molecular flexibility index (Phi) is 6.96. The van der Waals surface area contributed by atoms with Crippen molar-refractivity contribution < 1.29 is 23.5 Å². The topological polar surface area (TPSA) is 94.8 Å². The molecule has 7 nitrogen and oxygen atoms in total. The molecule has 7 heteroatoms. The molecule has 0 saturated heterocycles. The summed E-state index contributed by atoms with van der Waals surface area (Å²) in [6.45, 7) is 7.02. The molecular weight excluding hydrogens is 446 g/mol. The minimum absolute atomic E-state index is 0.230. The maximum absolute atomic E-state index is 13.2. The van der Waals surface area contributed by atoms with Crippen LogP contribution in [-0.4, -0.2) is 23.7 Å². The molecule has 1 N–H and O–H groups in total. The van der Waals surface area contributed by atoms with E-state index in [-0.39, 0.29) is 17.8 Å². The highest BCUT2D eigenvalue weighted by Crippen LogP contribution is 2.32. The standard InChI is InChI=1S/C28H31NO6/c1-17-23(15-14-20-19-12-8-9-13-21(19)25(30)34-24(17)20)33-26(31)22(16-18-10-6-5-7-11-18)29-27(32)35-28(2,3)4/h5-7,10-11,14-15,22H,8-9,12-13,16H2,1-4H3,(H,29,32). The third-order valence-corrected chi connectivity index (χ3v) is 6.06. The third kappa shape index (κ3) is 5.73. The number of amides is 1. The fourth-order valence-corrected chi connectivity index (χ4v) is 4.41. The predicted octanol–water partition coefficient (Wildman–Crippen LogP) is 5.02. The molecule has 1 heterocycles. The molecule has 2 aromatic carbocycles. The number of benzene rings is 2. The minimum Gasteiger partial charge on any atom is -0.444 e. The van der Waals surface area contributed by atoms with E-state index >= 15 is 0 Å². The van der Waals surface area contributed by atoms with Gasteiger partial charge in [0.2, 0.25) is 0 Å². The van der Waals surface area contributed by atoms with E-state index in [0.717, 1.165) is 47.8 Å². The largest absolute Gasteiger partial charge is 0.444 e. The SMILES string of the molecule is Cc1c(OC(=O)C(Cc2ccccc2)NC(=O)OC(C)(C)C)ccc2c3c(c(=O)oc12)CCCC3. The number of rotatable bonds is 5. The van der Waals surface area contributed by atoms with Crippen molar-refractivity contribution in [3.8, 4) is 5.75 Å². The first-order valence-corrected chi connectivity index (χ1v) is 12.0. The minimum atomic E-state index is -0.974. The number of hydrogen-bond acceptors (Lipinski definition) is 6. The highest BCUT2D eigenvalue weighted by Gasteiger charge is 2.28. The van der Waals surface area contributed by atoms with Gasteiger partial charge in [0.05, 0.1) is 0 Å². The number of nitrogens with one attached hydrogen (secondary N) is 1. The second-order valence-electron chi connectivity index (χ2n) is 9.93. The fourth-order valence-electron chi connectivity index (χ4n) is 4.41. The number of esters is 1. The molecule has 0 saturated carbocycles. The molecule has 3 aromatic rings. The highest BCUT2D eigenvalue weighted by molar-refractivity contribution is 5.88.